The third-order valence-electron chi connectivity index (χ3n) is 4.38. The number of hydrogen-bond donors (Lipinski definition) is 2. The molecule has 2 N–H and O–H groups in total. The van der Waals surface area contributed by atoms with Gasteiger partial charge >= 0.3 is 0 Å². The Bertz CT molecular complexity index is 239. The number of aliphatic hydroxyl groups is 1. The lowest BCUT2D eigenvalue weighted by Gasteiger charge is -2.43. The number of rotatable bonds is 7. The molecule has 0 bridgehead atoms. The molecule has 1 saturated carbocycles. The van der Waals surface area contributed by atoms with E-state index in [1.165, 1.54) is 44.9 Å². The van der Waals surface area contributed by atoms with Gasteiger partial charge in [0.2, 0.25) is 0 Å². The molecule has 1 atom stereocenters. The van der Waals surface area contributed by atoms with Crippen molar-refractivity contribution in [2.45, 2.75) is 63.0 Å². The highest BCUT2D eigenvalue weighted by Gasteiger charge is 2.38. The Balaban J connectivity index is 1.61. The number of aliphatic hydroxyl groups excluding tert-OH is 1. The standard InChI is InChI=1S/C15H29NO2S/c17-9-4-11-19-12-8-16-14-5-10-18-15(13-14)6-2-1-3-7-15/h14,16-17H,1-13H2. The van der Waals surface area contributed by atoms with Crippen LogP contribution in [0.4, 0.5) is 0 Å². The normalized spacial score (nSPS) is 26.7. The number of thioether (sulfide) groups is 1. The zero-order valence-corrected chi connectivity index (χ0v) is 12.8. The van der Waals surface area contributed by atoms with Crippen LogP contribution >= 0.6 is 11.8 Å². The molecule has 1 heterocycles. The summed E-state index contributed by atoms with van der Waals surface area (Å²) in [6.07, 6.45) is 9.95. The maximum absolute atomic E-state index is 8.72. The van der Waals surface area contributed by atoms with Crippen molar-refractivity contribution >= 4 is 11.8 Å². The van der Waals surface area contributed by atoms with E-state index in [9.17, 15) is 0 Å². The van der Waals surface area contributed by atoms with Crippen LogP contribution in [0.2, 0.25) is 0 Å². The molecule has 0 radical (unpaired) electrons. The minimum Gasteiger partial charge on any atom is -0.396 e. The van der Waals surface area contributed by atoms with Crippen molar-refractivity contribution in [2.75, 3.05) is 31.3 Å². The van der Waals surface area contributed by atoms with Gasteiger partial charge in [0.15, 0.2) is 0 Å². The van der Waals surface area contributed by atoms with Crippen molar-refractivity contribution in [3.8, 4) is 0 Å². The highest BCUT2D eigenvalue weighted by molar-refractivity contribution is 7.99. The summed E-state index contributed by atoms with van der Waals surface area (Å²) in [7, 11) is 0. The summed E-state index contributed by atoms with van der Waals surface area (Å²) in [5.41, 5.74) is 0.220. The molecular formula is C15H29NO2S. The molecule has 19 heavy (non-hydrogen) atoms. The Morgan fingerprint density at radius 3 is 2.84 bits per heavy atom. The molecular weight excluding hydrogens is 258 g/mol. The van der Waals surface area contributed by atoms with Gasteiger partial charge in [0.25, 0.3) is 0 Å². The summed E-state index contributed by atoms with van der Waals surface area (Å²) in [5.74, 6) is 2.24. The molecule has 1 aliphatic heterocycles. The zero-order chi connectivity index (χ0) is 13.4. The largest absolute Gasteiger partial charge is 0.396 e. The molecule has 112 valence electrons. The van der Waals surface area contributed by atoms with Crippen LogP contribution < -0.4 is 5.32 Å². The van der Waals surface area contributed by atoms with E-state index < -0.39 is 0 Å². The predicted octanol–water partition coefficient (Wildman–Crippen LogP) is 2.57. The van der Waals surface area contributed by atoms with Crippen molar-refractivity contribution in [3.05, 3.63) is 0 Å². The fraction of sp³-hybridized carbons (Fsp3) is 1.00. The SMILES string of the molecule is OCCCSCCNC1CCOC2(CCCCC2)C1. The maximum Gasteiger partial charge on any atom is 0.0697 e. The summed E-state index contributed by atoms with van der Waals surface area (Å²) in [5, 5.41) is 12.4. The van der Waals surface area contributed by atoms with Gasteiger partial charge in [-0.25, -0.2) is 0 Å². The van der Waals surface area contributed by atoms with E-state index in [4.69, 9.17) is 9.84 Å². The molecule has 0 aromatic heterocycles. The first-order chi connectivity index (χ1) is 9.35. The van der Waals surface area contributed by atoms with Crippen molar-refractivity contribution in [3.63, 3.8) is 0 Å². The Hall–Kier alpha value is 0.230. The van der Waals surface area contributed by atoms with Crippen LogP contribution in [0.1, 0.15) is 51.4 Å². The Morgan fingerprint density at radius 2 is 2.05 bits per heavy atom. The fourth-order valence-electron chi connectivity index (χ4n) is 3.35. The molecule has 2 aliphatic rings. The lowest BCUT2D eigenvalue weighted by molar-refractivity contribution is -0.108. The Kier molecular flexibility index (Phi) is 6.99. The van der Waals surface area contributed by atoms with E-state index >= 15 is 0 Å². The second-order valence-electron chi connectivity index (χ2n) is 5.93. The molecule has 4 heteroatoms. The van der Waals surface area contributed by atoms with E-state index in [1.54, 1.807) is 0 Å². The topological polar surface area (TPSA) is 41.5 Å². The van der Waals surface area contributed by atoms with E-state index in [0.717, 1.165) is 31.1 Å². The van der Waals surface area contributed by atoms with Gasteiger partial charge in [0.1, 0.15) is 0 Å². The number of nitrogens with one attached hydrogen (secondary N) is 1. The predicted molar refractivity (Wildman–Crippen MR) is 81.8 cm³/mol. The van der Waals surface area contributed by atoms with Gasteiger partial charge in [0.05, 0.1) is 5.60 Å². The maximum atomic E-state index is 8.72. The lowest BCUT2D eigenvalue weighted by Crippen LogP contribution is -2.48. The molecule has 0 aromatic rings. The summed E-state index contributed by atoms with van der Waals surface area (Å²) in [4.78, 5) is 0. The molecule has 0 aromatic carbocycles. The van der Waals surface area contributed by atoms with Crippen molar-refractivity contribution in [1.82, 2.24) is 5.32 Å². The highest BCUT2D eigenvalue weighted by Crippen LogP contribution is 2.38. The van der Waals surface area contributed by atoms with Crippen molar-refractivity contribution < 1.29 is 9.84 Å². The third-order valence-corrected chi connectivity index (χ3v) is 5.45. The van der Waals surface area contributed by atoms with E-state index in [0.29, 0.717) is 12.6 Å². The summed E-state index contributed by atoms with van der Waals surface area (Å²) in [6.45, 7) is 2.36. The first-order valence-corrected chi connectivity index (χ1v) is 9.06. The first-order valence-electron chi connectivity index (χ1n) is 7.91. The average molecular weight is 287 g/mol. The highest BCUT2D eigenvalue weighted by atomic mass is 32.2. The van der Waals surface area contributed by atoms with Crippen LogP contribution in [0.15, 0.2) is 0 Å². The van der Waals surface area contributed by atoms with Crippen molar-refractivity contribution in [2.24, 2.45) is 0 Å². The van der Waals surface area contributed by atoms with Gasteiger partial charge in [0, 0.05) is 31.6 Å². The summed E-state index contributed by atoms with van der Waals surface area (Å²) < 4.78 is 6.12. The number of ether oxygens (including phenoxy) is 1. The molecule has 1 unspecified atom stereocenters. The second kappa shape index (κ2) is 8.50. The molecule has 3 nitrogen and oxygen atoms in total. The van der Waals surface area contributed by atoms with Gasteiger partial charge in [-0.3, -0.25) is 0 Å². The van der Waals surface area contributed by atoms with Gasteiger partial charge in [-0.05, 0) is 37.9 Å². The molecule has 1 aliphatic carbocycles. The van der Waals surface area contributed by atoms with Gasteiger partial charge in [-0.2, -0.15) is 11.8 Å². The van der Waals surface area contributed by atoms with Gasteiger partial charge < -0.3 is 15.2 Å². The van der Waals surface area contributed by atoms with Crippen LogP contribution in [0.3, 0.4) is 0 Å². The summed E-state index contributed by atoms with van der Waals surface area (Å²) in [6, 6.07) is 0.658. The molecule has 2 fully saturated rings. The van der Waals surface area contributed by atoms with Crippen LogP contribution in [0.25, 0.3) is 0 Å². The smallest absolute Gasteiger partial charge is 0.0697 e. The fourth-order valence-corrected chi connectivity index (χ4v) is 4.15. The van der Waals surface area contributed by atoms with E-state index in [-0.39, 0.29) is 5.60 Å². The molecule has 0 amide bonds. The summed E-state index contributed by atoms with van der Waals surface area (Å²) >= 11 is 1.94. The Morgan fingerprint density at radius 1 is 1.21 bits per heavy atom. The second-order valence-corrected chi connectivity index (χ2v) is 7.15. The zero-order valence-electron chi connectivity index (χ0n) is 12.0. The van der Waals surface area contributed by atoms with Gasteiger partial charge in [-0.15, -0.1) is 0 Å². The monoisotopic (exact) mass is 287 g/mol. The van der Waals surface area contributed by atoms with E-state index in [2.05, 4.69) is 5.32 Å². The minimum atomic E-state index is 0.220. The average Bonchev–Trinajstić information content (AvgIpc) is 2.44. The van der Waals surface area contributed by atoms with Crippen LogP contribution in [0.5, 0.6) is 0 Å². The molecule has 1 saturated heterocycles. The first kappa shape index (κ1) is 15.6. The Labute approximate surface area is 121 Å². The van der Waals surface area contributed by atoms with E-state index in [1.807, 2.05) is 11.8 Å². The quantitative estimate of drug-likeness (QED) is 0.706. The van der Waals surface area contributed by atoms with Gasteiger partial charge in [-0.1, -0.05) is 19.3 Å². The van der Waals surface area contributed by atoms with Crippen LogP contribution in [-0.2, 0) is 4.74 Å². The minimum absolute atomic E-state index is 0.220. The molecule has 1 spiro atoms. The molecule has 2 rings (SSSR count). The van der Waals surface area contributed by atoms with Crippen molar-refractivity contribution in [1.29, 1.82) is 0 Å². The van der Waals surface area contributed by atoms with Crippen LogP contribution in [-0.4, -0.2) is 48.0 Å². The van der Waals surface area contributed by atoms with Crippen LogP contribution in [0, 0.1) is 0 Å². The third kappa shape index (κ3) is 5.25. The number of hydrogen-bond acceptors (Lipinski definition) is 4. The lowest BCUT2D eigenvalue weighted by atomic mass is 9.78.